The van der Waals surface area contributed by atoms with Crippen molar-refractivity contribution in [2.75, 3.05) is 46.2 Å². The van der Waals surface area contributed by atoms with Gasteiger partial charge >= 0.3 is 0 Å². The van der Waals surface area contributed by atoms with E-state index in [1.807, 2.05) is 18.2 Å². The topological polar surface area (TPSA) is 574 Å². The molecule has 0 unspecified atom stereocenters. The number of nitrogens with zero attached hydrogens (tertiary/aromatic N) is 3. The van der Waals surface area contributed by atoms with Crippen LogP contribution in [0.2, 0.25) is 0 Å². The van der Waals surface area contributed by atoms with Gasteiger partial charge in [0.15, 0.2) is 44.0 Å². The molecular weight excluding hydrogens is 1210 g/mol. The van der Waals surface area contributed by atoms with E-state index in [-0.39, 0.29) is 5.69 Å². The molecule has 0 radical (unpaired) electrons. The summed E-state index contributed by atoms with van der Waals surface area (Å²) in [4.78, 5) is 0. The van der Waals surface area contributed by atoms with E-state index in [9.17, 15) is 102 Å². The Morgan fingerprint density at radius 1 is 0.360 bits per heavy atom. The Morgan fingerprint density at radius 2 is 0.629 bits per heavy atom. The van der Waals surface area contributed by atoms with Gasteiger partial charge < -0.3 is 173 Å². The summed E-state index contributed by atoms with van der Waals surface area (Å²) >= 11 is 0. The molecule has 21 fully saturated rings. The maximum Gasteiger partial charge on any atom is 0.187 e. The van der Waals surface area contributed by atoms with E-state index in [2.05, 4.69) is 10.3 Å². The minimum atomic E-state index is -2.22. The summed E-state index contributed by atoms with van der Waals surface area (Å²) < 4.78 is 89.4. The summed E-state index contributed by atoms with van der Waals surface area (Å²) in [5.74, 6) is 0. The second kappa shape index (κ2) is 29.9. The Bertz CT molecular complexity index is 2450. The number of aliphatic hydroxyl groups is 20. The zero-order valence-electron chi connectivity index (χ0n) is 47.0. The lowest BCUT2D eigenvalue weighted by Crippen LogP contribution is -2.68. The normalized spacial score (nSPS) is 50.2. The molecule has 38 heteroatoms. The number of hydrogen-bond acceptors (Lipinski definition) is 37. The van der Waals surface area contributed by atoms with Crippen molar-refractivity contribution < 1.29 is 173 Å². The molecule has 0 amide bonds. The molecule has 14 bridgehead atoms. The van der Waals surface area contributed by atoms with Crippen LogP contribution in [0.15, 0.2) is 30.0 Å². The summed E-state index contributed by atoms with van der Waals surface area (Å²) in [6.07, 6.45) is -61.9. The Balaban J connectivity index is 0.949. The first-order valence-corrected chi connectivity index (χ1v) is 28.8. The predicted molar refractivity (Wildman–Crippen MR) is 273 cm³/mol. The number of aromatic nitrogens is 3. The largest absolute Gasteiger partial charge is 0.394 e. The smallest absolute Gasteiger partial charge is 0.187 e. The average Bonchev–Trinajstić information content (AvgIpc) is 1.16. The highest BCUT2D eigenvalue weighted by atomic mass is 16.8. The Morgan fingerprint density at radius 3 is 0.899 bits per heavy atom. The highest BCUT2D eigenvalue weighted by Gasteiger charge is 2.60. The van der Waals surface area contributed by atoms with Crippen molar-refractivity contribution in [2.45, 2.75) is 235 Å². The highest BCUT2D eigenvalue weighted by Crippen LogP contribution is 2.39. The van der Waals surface area contributed by atoms with Crippen LogP contribution in [0.4, 0.5) is 0 Å². The maximum absolute atomic E-state index is 12.3. The van der Waals surface area contributed by atoms with Gasteiger partial charge in [0.25, 0.3) is 0 Å². The van der Waals surface area contributed by atoms with Crippen LogP contribution in [-0.4, -0.2) is 378 Å². The maximum atomic E-state index is 12.3. The fraction of sp³-hybridized carbons (Fsp3) is 0.882. The molecule has 22 aliphatic rings. The molecule has 0 spiro atoms. The third-order valence-electron chi connectivity index (χ3n) is 17.0. The van der Waals surface area contributed by atoms with Gasteiger partial charge in [-0.05, 0) is 12.0 Å². The zero-order chi connectivity index (χ0) is 63.9. The van der Waals surface area contributed by atoms with E-state index in [0.29, 0.717) is 13.0 Å². The number of ether oxygens (including phenoxy) is 15. The third kappa shape index (κ3) is 14.2. The van der Waals surface area contributed by atoms with Crippen LogP contribution < -0.4 is 0 Å². The molecule has 35 atom stereocenters. The van der Waals surface area contributed by atoms with Crippen LogP contribution in [0.3, 0.4) is 0 Å². The molecule has 0 saturated carbocycles. The third-order valence-corrected chi connectivity index (χ3v) is 17.0. The average molecular weight is 1290 g/mol. The monoisotopic (exact) mass is 1290 g/mol. The van der Waals surface area contributed by atoms with Gasteiger partial charge in [0.1, 0.15) is 177 Å². The summed E-state index contributed by atoms with van der Waals surface area (Å²) in [5, 5.41) is 232. The highest BCUT2D eigenvalue weighted by molar-refractivity contribution is 5.25. The van der Waals surface area contributed by atoms with Crippen molar-refractivity contribution in [3.8, 4) is 0 Å². The fourth-order valence-electron chi connectivity index (χ4n) is 12.1. The van der Waals surface area contributed by atoms with Crippen LogP contribution >= 0.6 is 0 Å². The van der Waals surface area contributed by atoms with Crippen molar-refractivity contribution in [2.24, 2.45) is 0 Å². The van der Waals surface area contributed by atoms with Gasteiger partial charge in [-0.25, -0.2) is 4.68 Å². The van der Waals surface area contributed by atoms with Gasteiger partial charge in [0, 0.05) is 0 Å². The number of aliphatic hydroxyl groups excluding tert-OH is 20. The van der Waals surface area contributed by atoms with E-state index < -0.39 is 268 Å². The summed E-state index contributed by atoms with van der Waals surface area (Å²) in [6.45, 7) is -7.49. The minimum Gasteiger partial charge on any atom is -0.394 e. The van der Waals surface area contributed by atoms with E-state index in [4.69, 9.17) is 71.1 Å². The van der Waals surface area contributed by atoms with Crippen LogP contribution in [0.5, 0.6) is 0 Å². The summed E-state index contributed by atoms with van der Waals surface area (Å²) in [5.41, 5.74) is 1.10. The molecule has 1 aromatic heterocycles. The molecule has 21 aliphatic heterocycles. The van der Waals surface area contributed by atoms with Gasteiger partial charge in [0.05, 0.1) is 65.6 Å². The van der Waals surface area contributed by atoms with Crippen LogP contribution in [0, 0.1) is 0 Å². The first kappa shape index (κ1) is 69.1. The lowest BCUT2D eigenvalue weighted by atomic mass is 9.95. The van der Waals surface area contributed by atoms with Crippen molar-refractivity contribution in [1.29, 1.82) is 0 Å². The molecule has 38 nitrogen and oxygen atoms in total. The Labute approximate surface area is 503 Å². The van der Waals surface area contributed by atoms with Crippen LogP contribution in [0.25, 0.3) is 0 Å². The summed E-state index contributed by atoms with van der Waals surface area (Å²) in [6, 6.07) is 0. The predicted octanol–water partition coefficient (Wildman–Crippen LogP) is -13.5. The van der Waals surface area contributed by atoms with Gasteiger partial charge in [-0.3, -0.25) is 0 Å². The van der Waals surface area contributed by atoms with Crippen molar-refractivity contribution >= 4 is 0 Å². The van der Waals surface area contributed by atoms with Crippen LogP contribution in [-0.2, 0) is 84.2 Å². The van der Waals surface area contributed by atoms with Gasteiger partial charge in [-0.15, -0.1) is 5.10 Å². The number of allylic oxidation sites excluding steroid dienone is 4. The first-order chi connectivity index (χ1) is 42.7. The Kier molecular flexibility index (Phi) is 23.2. The van der Waals surface area contributed by atoms with E-state index in [1.54, 1.807) is 0 Å². The van der Waals surface area contributed by atoms with Crippen molar-refractivity contribution in [1.82, 2.24) is 15.0 Å². The lowest BCUT2D eigenvalue weighted by molar-refractivity contribution is -0.398. The van der Waals surface area contributed by atoms with Crippen molar-refractivity contribution in [3.63, 3.8) is 0 Å². The first-order valence-electron chi connectivity index (χ1n) is 28.8. The molecule has 20 N–H and O–H groups in total. The molecular formula is C51H79N3O35. The van der Waals surface area contributed by atoms with Crippen LogP contribution in [0.1, 0.15) is 12.1 Å². The molecule has 23 rings (SSSR count). The second-order valence-electron chi connectivity index (χ2n) is 22.8. The Hall–Kier alpha value is -2.78. The molecule has 0 aromatic carbocycles. The van der Waals surface area contributed by atoms with Gasteiger partial charge in [0.2, 0.25) is 0 Å². The quantitative estimate of drug-likeness (QED) is 0.0924. The molecule has 21 saturated heterocycles. The van der Waals surface area contributed by atoms with E-state index in [1.165, 1.54) is 10.9 Å². The SMILES string of the molecule is OC[C@H]1O[C@@H]2O[C@H]3[C@H](O)[C@@H](O)[C@@H](O[C@H]4[C@H](O)[C@@H](O)[C@@H](O[C@H]5[C@H](O)[C@@H](OCc6cn(CC7=CCC=C7)nn6)[C@@H](O[C@H]6[C@H](O)[C@@H](O)[C@@H](O[C@H]7[C@H](O)[C@@H](O)[C@@H](O[C@H]8[C@H](O)[C@@H](O)[C@@H](O[C@H]1[C@H](O)[C@H]2O)O[C@@H]8CO)O[C@@H]7CO)O[C@@H]6CO)O[C@@H]5CO)O[C@@H]4CO)O[C@@H]3CO. The molecule has 508 valence electrons. The molecule has 89 heavy (non-hydrogen) atoms. The van der Waals surface area contributed by atoms with Gasteiger partial charge in [-0.2, -0.15) is 0 Å². The molecule has 22 heterocycles. The number of hydrogen-bond donors (Lipinski definition) is 20. The van der Waals surface area contributed by atoms with E-state index in [0.717, 1.165) is 5.57 Å². The number of rotatable bonds is 12. The lowest BCUT2D eigenvalue weighted by Gasteiger charge is -2.50. The minimum absolute atomic E-state index is 0.176. The standard InChI is InChI=1S/C51H79N3O35/c55-7-17-37-24(62)30(68)46(76-17)84-39-19(9-57)78-48(32(70)26(39)64)86-41-21(11-59)80-50(34(72)28(41)66)88-43-23(13-61)82-51(44(36(43)74)75-14-16-6-54(53-52-16)5-15-3-1-2-4-15)89-42-22(12-60)81-49(35(73)29(42)67)87-40-20(10-58)79-47(33(71)27(40)65)85-38-18(8-56)77-45(83-37)31(69)25(38)63/h1,3-4,6,17-51,55-74H,2,5,7-14H2/t17-,18-,19-,20-,21-,22-,23-,24-,25-,26-,27-,28-,29-,30-,31-,32-,33-,34-,35-,36+,37-,38-,39-,40-,41-,42-,43-,44-,45-,46-,47-,48-,49-,50-,51-/m1/s1. The molecule has 1 aromatic rings. The van der Waals surface area contributed by atoms with Crippen molar-refractivity contribution in [3.05, 3.63) is 35.7 Å². The second-order valence-corrected chi connectivity index (χ2v) is 22.8. The summed E-state index contributed by atoms with van der Waals surface area (Å²) in [7, 11) is 0. The molecule has 1 aliphatic carbocycles. The zero-order valence-corrected chi connectivity index (χ0v) is 47.0. The van der Waals surface area contributed by atoms with Gasteiger partial charge in [-0.1, -0.05) is 23.4 Å². The van der Waals surface area contributed by atoms with E-state index >= 15 is 0 Å². The fourth-order valence-corrected chi connectivity index (χ4v) is 12.1.